The van der Waals surface area contributed by atoms with Gasteiger partial charge in [-0.15, -0.1) is 0 Å². The van der Waals surface area contributed by atoms with E-state index in [2.05, 4.69) is 0 Å². The van der Waals surface area contributed by atoms with Crippen molar-refractivity contribution in [1.29, 1.82) is 0 Å². The van der Waals surface area contributed by atoms with Crippen molar-refractivity contribution in [2.45, 2.75) is 54.8 Å². The minimum Gasteiger partial charge on any atom is -0.472 e. The van der Waals surface area contributed by atoms with E-state index in [4.69, 9.17) is 18.9 Å². The Morgan fingerprint density at radius 3 is 2.40 bits per heavy atom. The average molecular weight is 362 g/mol. The molecule has 10 heteroatoms. The van der Waals surface area contributed by atoms with Crippen molar-refractivity contribution in [1.82, 2.24) is 0 Å². The molecular weight excluding hydrogens is 340 g/mol. The predicted molar refractivity (Wildman–Crippen MR) is 76.5 cm³/mol. The van der Waals surface area contributed by atoms with Crippen LogP contribution in [0.1, 0.15) is 0 Å². The fourth-order valence-electron chi connectivity index (χ4n) is 4.17. The molecule has 1 aliphatic carbocycles. The monoisotopic (exact) mass is 362 g/mol. The van der Waals surface area contributed by atoms with Crippen LogP contribution in [0.5, 0.6) is 0 Å². The molecule has 2 saturated heterocycles. The maximum absolute atomic E-state index is 10.3. The molecule has 4 aliphatic rings. The number of fused-ring (bicyclic) bond motifs is 3. The van der Waals surface area contributed by atoms with E-state index < -0.39 is 67.3 Å². The molecular formula is C15H22O10. The molecule has 0 aromatic carbocycles. The standard InChI is InChI=1S/C15H22O10/c16-3-6-9(19)10(20)11(21)14(23-6)24-13-7-5(1-2-22-13)8(18)12-15(7,4-17)25-12/h1-2,5-14,16-21H,3-4H2/t5?,6?,7?,8?,9?,10?,11?,12?,13?,14?,15-/m1/s1. The van der Waals surface area contributed by atoms with Crippen LogP contribution in [0, 0.1) is 11.8 Å². The molecule has 0 spiro atoms. The Kier molecular flexibility index (Phi) is 4.30. The van der Waals surface area contributed by atoms with Crippen molar-refractivity contribution in [3.63, 3.8) is 0 Å². The van der Waals surface area contributed by atoms with E-state index >= 15 is 0 Å². The van der Waals surface area contributed by atoms with Gasteiger partial charge in [0.15, 0.2) is 6.29 Å². The summed E-state index contributed by atoms with van der Waals surface area (Å²) in [7, 11) is 0. The van der Waals surface area contributed by atoms with Gasteiger partial charge in [0.1, 0.15) is 36.1 Å². The molecule has 3 heterocycles. The van der Waals surface area contributed by atoms with Gasteiger partial charge in [-0.3, -0.25) is 0 Å². The molecule has 4 rings (SSSR count). The highest BCUT2D eigenvalue weighted by Gasteiger charge is 2.75. The molecule has 0 aromatic rings. The van der Waals surface area contributed by atoms with Gasteiger partial charge >= 0.3 is 0 Å². The van der Waals surface area contributed by atoms with Gasteiger partial charge in [-0.2, -0.15) is 0 Å². The van der Waals surface area contributed by atoms with Crippen molar-refractivity contribution in [2.75, 3.05) is 13.2 Å². The van der Waals surface area contributed by atoms with Crippen molar-refractivity contribution in [3.05, 3.63) is 12.3 Å². The summed E-state index contributed by atoms with van der Waals surface area (Å²) in [5.74, 6) is -0.913. The quantitative estimate of drug-likeness (QED) is 0.276. The predicted octanol–water partition coefficient (Wildman–Crippen LogP) is -3.59. The fourth-order valence-corrected chi connectivity index (χ4v) is 4.17. The zero-order valence-corrected chi connectivity index (χ0v) is 13.2. The number of rotatable bonds is 4. The summed E-state index contributed by atoms with van der Waals surface area (Å²) in [5, 5.41) is 59.0. The van der Waals surface area contributed by atoms with Crippen molar-refractivity contribution in [2.24, 2.45) is 11.8 Å². The molecule has 1 saturated carbocycles. The largest absolute Gasteiger partial charge is 0.472 e. The minimum absolute atomic E-state index is 0.332. The number of aliphatic hydroxyl groups excluding tert-OH is 6. The van der Waals surface area contributed by atoms with Crippen LogP contribution in [0.25, 0.3) is 0 Å². The van der Waals surface area contributed by atoms with Gasteiger partial charge in [-0.1, -0.05) is 0 Å². The molecule has 10 nitrogen and oxygen atoms in total. The molecule has 3 aliphatic heterocycles. The molecule has 25 heavy (non-hydrogen) atoms. The summed E-state index contributed by atoms with van der Waals surface area (Å²) in [5.41, 5.74) is -0.992. The van der Waals surface area contributed by atoms with E-state index in [1.54, 1.807) is 6.08 Å². The average Bonchev–Trinajstić information content (AvgIpc) is 3.31. The Labute approximate surface area is 142 Å². The third-order valence-electron chi connectivity index (χ3n) is 5.62. The highest BCUT2D eigenvalue weighted by Crippen LogP contribution is 2.59. The lowest BCUT2D eigenvalue weighted by Gasteiger charge is -2.43. The van der Waals surface area contributed by atoms with Gasteiger partial charge in [0.2, 0.25) is 6.29 Å². The zero-order valence-electron chi connectivity index (χ0n) is 13.2. The van der Waals surface area contributed by atoms with E-state index in [0.29, 0.717) is 0 Å². The maximum atomic E-state index is 10.3. The zero-order chi connectivity index (χ0) is 17.9. The molecule has 0 amide bonds. The first kappa shape index (κ1) is 17.6. The van der Waals surface area contributed by atoms with Crippen LogP contribution in [-0.2, 0) is 18.9 Å². The third-order valence-corrected chi connectivity index (χ3v) is 5.62. The van der Waals surface area contributed by atoms with Crippen molar-refractivity contribution in [3.8, 4) is 0 Å². The van der Waals surface area contributed by atoms with E-state index in [1.807, 2.05) is 0 Å². The number of ether oxygens (including phenoxy) is 4. The van der Waals surface area contributed by atoms with Crippen LogP contribution in [0.2, 0.25) is 0 Å². The Morgan fingerprint density at radius 1 is 0.960 bits per heavy atom. The number of hydrogen-bond donors (Lipinski definition) is 6. The van der Waals surface area contributed by atoms with Crippen molar-refractivity contribution >= 4 is 0 Å². The summed E-state index contributed by atoms with van der Waals surface area (Å²) in [6.45, 7) is -0.908. The number of hydrogen-bond acceptors (Lipinski definition) is 10. The molecule has 0 bridgehead atoms. The molecule has 11 atom stereocenters. The lowest BCUT2D eigenvalue weighted by Crippen LogP contribution is -2.60. The molecule has 142 valence electrons. The van der Waals surface area contributed by atoms with Crippen LogP contribution in [0.4, 0.5) is 0 Å². The summed E-state index contributed by atoms with van der Waals surface area (Å²) in [6.07, 6.45) is -6.47. The first-order valence-corrected chi connectivity index (χ1v) is 8.19. The van der Waals surface area contributed by atoms with Crippen molar-refractivity contribution < 1.29 is 49.6 Å². The molecule has 6 N–H and O–H groups in total. The van der Waals surface area contributed by atoms with Gasteiger partial charge in [-0.25, -0.2) is 0 Å². The molecule has 0 radical (unpaired) electrons. The van der Waals surface area contributed by atoms with Gasteiger partial charge in [0.25, 0.3) is 0 Å². The summed E-state index contributed by atoms with van der Waals surface area (Å²) in [4.78, 5) is 0. The van der Waals surface area contributed by atoms with Gasteiger partial charge in [0.05, 0.1) is 31.5 Å². The summed E-state index contributed by atoms with van der Waals surface area (Å²) in [6, 6.07) is 0. The SMILES string of the molecule is OCC1OC(OC2OC=CC3C(O)C4O[C@]4(CO)C23)C(O)C(O)C1O. The highest BCUT2D eigenvalue weighted by atomic mass is 16.8. The van der Waals surface area contributed by atoms with E-state index in [1.165, 1.54) is 6.26 Å². The topological polar surface area (TPSA) is 162 Å². The second-order valence-electron chi connectivity index (χ2n) is 6.91. The lowest BCUT2D eigenvalue weighted by molar-refractivity contribution is -0.344. The Balaban J connectivity index is 1.53. The second kappa shape index (κ2) is 6.12. The third kappa shape index (κ3) is 2.45. The summed E-state index contributed by atoms with van der Waals surface area (Å²) >= 11 is 0. The van der Waals surface area contributed by atoms with Gasteiger partial charge in [0, 0.05) is 5.92 Å². The molecule has 3 fully saturated rings. The Bertz CT molecular complexity index is 540. The Morgan fingerprint density at radius 2 is 1.72 bits per heavy atom. The lowest BCUT2D eigenvalue weighted by atomic mass is 9.85. The minimum atomic E-state index is -1.57. The second-order valence-corrected chi connectivity index (χ2v) is 6.91. The number of aliphatic hydroxyl groups is 6. The van der Waals surface area contributed by atoms with Crippen LogP contribution >= 0.6 is 0 Å². The highest BCUT2D eigenvalue weighted by molar-refractivity contribution is 5.24. The van der Waals surface area contributed by atoms with Gasteiger partial charge < -0.3 is 49.6 Å². The smallest absolute Gasteiger partial charge is 0.208 e. The van der Waals surface area contributed by atoms with Crippen LogP contribution in [0.15, 0.2) is 12.3 Å². The van der Waals surface area contributed by atoms with E-state index in [9.17, 15) is 30.6 Å². The van der Waals surface area contributed by atoms with E-state index in [0.717, 1.165) is 0 Å². The Hall–Kier alpha value is -0.820. The molecule has 10 unspecified atom stereocenters. The van der Waals surface area contributed by atoms with Crippen LogP contribution in [0.3, 0.4) is 0 Å². The maximum Gasteiger partial charge on any atom is 0.208 e. The van der Waals surface area contributed by atoms with Crippen LogP contribution < -0.4 is 0 Å². The fraction of sp³-hybridized carbons (Fsp3) is 0.867. The van der Waals surface area contributed by atoms with Gasteiger partial charge in [-0.05, 0) is 6.08 Å². The first-order chi connectivity index (χ1) is 11.9. The normalized spacial score (nSPS) is 56.9. The first-order valence-electron chi connectivity index (χ1n) is 8.19. The van der Waals surface area contributed by atoms with Crippen LogP contribution in [-0.4, -0.2) is 98.7 Å². The molecule has 0 aromatic heterocycles. The van der Waals surface area contributed by atoms with E-state index in [-0.39, 0.29) is 12.5 Å². The summed E-state index contributed by atoms with van der Waals surface area (Å²) < 4.78 is 21.9. The number of epoxide rings is 1.